The van der Waals surface area contributed by atoms with Gasteiger partial charge in [-0.2, -0.15) is 0 Å². The summed E-state index contributed by atoms with van der Waals surface area (Å²) in [5, 5.41) is 10.6. The number of aromatic nitrogens is 1. The number of fused-ring (bicyclic) bond motifs is 1. The minimum Gasteiger partial charge on any atom is -0.481 e. The van der Waals surface area contributed by atoms with Crippen LogP contribution in [0.1, 0.15) is 46.3 Å². The Kier molecular flexibility index (Phi) is 4.31. The zero-order valence-corrected chi connectivity index (χ0v) is 16.0. The second kappa shape index (κ2) is 6.99. The Labute approximate surface area is 169 Å². The van der Waals surface area contributed by atoms with Gasteiger partial charge in [-0.1, -0.05) is 48.5 Å². The maximum Gasteiger partial charge on any atom is 0.308 e. The summed E-state index contributed by atoms with van der Waals surface area (Å²) in [5.74, 6) is -1.32. The maximum absolute atomic E-state index is 13.5. The van der Waals surface area contributed by atoms with E-state index >= 15 is 0 Å². The van der Waals surface area contributed by atoms with Crippen molar-refractivity contribution in [2.45, 2.75) is 24.7 Å². The first kappa shape index (κ1) is 17.9. The third-order valence-electron chi connectivity index (χ3n) is 6.11. The van der Waals surface area contributed by atoms with Gasteiger partial charge in [0, 0.05) is 36.0 Å². The molecule has 2 aliphatic rings. The van der Waals surface area contributed by atoms with Crippen molar-refractivity contribution in [3.05, 3.63) is 77.5 Å². The third-order valence-corrected chi connectivity index (χ3v) is 6.11. The molecule has 0 spiro atoms. The van der Waals surface area contributed by atoms with Crippen LogP contribution in [-0.4, -0.2) is 40.0 Å². The van der Waals surface area contributed by atoms with Crippen molar-refractivity contribution in [1.29, 1.82) is 0 Å². The van der Waals surface area contributed by atoms with Gasteiger partial charge in [-0.3, -0.25) is 14.6 Å². The Morgan fingerprint density at radius 3 is 2.41 bits per heavy atom. The second-order valence-corrected chi connectivity index (χ2v) is 8.06. The largest absolute Gasteiger partial charge is 0.481 e. The van der Waals surface area contributed by atoms with E-state index in [2.05, 4.69) is 0 Å². The van der Waals surface area contributed by atoms with E-state index in [1.54, 1.807) is 4.90 Å². The normalized spacial score (nSPS) is 21.4. The molecule has 0 unspecified atom stereocenters. The summed E-state index contributed by atoms with van der Waals surface area (Å²) in [4.78, 5) is 31.9. The first-order valence-corrected chi connectivity index (χ1v) is 10.1. The molecule has 5 nitrogen and oxygen atoms in total. The number of rotatable bonds is 4. The molecule has 1 aromatic heterocycles. The van der Waals surface area contributed by atoms with Crippen LogP contribution in [0, 0.1) is 5.92 Å². The summed E-state index contributed by atoms with van der Waals surface area (Å²) in [5.41, 5.74) is 3.40. The number of carboxylic acid groups (broad SMARTS) is 1. The molecule has 5 heteroatoms. The topological polar surface area (TPSA) is 70.5 Å². The SMILES string of the molecule is O=C(O)[C@@H]1CN(C(=O)c2cc(C3CC3)nc3ccccc23)C[C@@H]1c1ccccc1. The summed E-state index contributed by atoms with van der Waals surface area (Å²) in [7, 11) is 0. The number of pyridine rings is 1. The first-order chi connectivity index (χ1) is 14.1. The lowest BCUT2D eigenvalue weighted by Crippen LogP contribution is -2.30. The Hall–Kier alpha value is -3.21. The summed E-state index contributed by atoms with van der Waals surface area (Å²) >= 11 is 0. The Bertz CT molecular complexity index is 1090. The number of carboxylic acids is 1. The number of carbonyl (C=O) groups is 2. The van der Waals surface area contributed by atoms with Gasteiger partial charge in [0.1, 0.15) is 0 Å². The quantitative estimate of drug-likeness (QED) is 0.734. The zero-order chi connectivity index (χ0) is 20.0. The van der Waals surface area contributed by atoms with Gasteiger partial charge < -0.3 is 10.0 Å². The molecule has 0 radical (unpaired) electrons. The van der Waals surface area contributed by atoms with E-state index in [1.165, 1.54) is 0 Å². The van der Waals surface area contributed by atoms with Crippen LogP contribution >= 0.6 is 0 Å². The highest BCUT2D eigenvalue weighted by molar-refractivity contribution is 6.06. The zero-order valence-electron chi connectivity index (χ0n) is 16.0. The number of hydrogen-bond donors (Lipinski definition) is 1. The van der Waals surface area contributed by atoms with E-state index in [0.29, 0.717) is 18.0 Å². The van der Waals surface area contributed by atoms with Crippen molar-refractivity contribution in [3.8, 4) is 0 Å². The molecule has 1 amide bonds. The van der Waals surface area contributed by atoms with Crippen molar-refractivity contribution in [2.24, 2.45) is 5.92 Å². The van der Waals surface area contributed by atoms with Crippen LogP contribution in [0.4, 0.5) is 0 Å². The number of aliphatic carboxylic acids is 1. The number of hydrogen-bond acceptors (Lipinski definition) is 3. The number of carbonyl (C=O) groups excluding carboxylic acids is 1. The minimum absolute atomic E-state index is 0.102. The number of benzene rings is 2. The molecule has 29 heavy (non-hydrogen) atoms. The smallest absolute Gasteiger partial charge is 0.308 e. The minimum atomic E-state index is -0.854. The number of amides is 1. The number of para-hydroxylation sites is 1. The fraction of sp³-hybridized carbons (Fsp3) is 0.292. The lowest BCUT2D eigenvalue weighted by molar-refractivity contribution is -0.141. The highest BCUT2D eigenvalue weighted by Gasteiger charge is 2.41. The molecule has 1 saturated carbocycles. The van der Waals surface area contributed by atoms with Gasteiger partial charge in [-0.05, 0) is 30.5 Å². The van der Waals surface area contributed by atoms with Crippen molar-refractivity contribution >= 4 is 22.8 Å². The Balaban J connectivity index is 1.52. The average molecular weight is 386 g/mol. The number of nitrogens with zero attached hydrogens (tertiary/aromatic N) is 2. The summed E-state index contributed by atoms with van der Waals surface area (Å²) in [6.45, 7) is 0.637. The van der Waals surface area contributed by atoms with Crippen LogP contribution in [0.2, 0.25) is 0 Å². The van der Waals surface area contributed by atoms with Gasteiger partial charge in [0.15, 0.2) is 0 Å². The molecule has 1 aliphatic heterocycles. The van der Waals surface area contributed by atoms with E-state index in [-0.39, 0.29) is 18.4 Å². The Morgan fingerprint density at radius 1 is 0.966 bits per heavy atom. The van der Waals surface area contributed by atoms with Crippen LogP contribution in [-0.2, 0) is 4.79 Å². The van der Waals surface area contributed by atoms with Gasteiger partial charge in [0.05, 0.1) is 17.0 Å². The van der Waals surface area contributed by atoms with Crippen LogP contribution in [0.3, 0.4) is 0 Å². The van der Waals surface area contributed by atoms with E-state index in [4.69, 9.17) is 4.98 Å². The van der Waals surface area contributed by atoms with Crippen molar-refractivity contribution < 1.29 is 14.7 Å². The van der Waals surface area contributed by atoms with Gasteiger partial charge in [0.2, 0.25) is 0 Å². The lowest BCUT2D eigenvalue weighted by atomic mass is 9.89. The van der Waals surface area contributed by atoms with E-state index < -0.39 is 11.9 Å². The second-order valence-electron chi connectivity index (χ2n) is 8.06. The standard InChI is InChI=1S/C24H22N2O3/c27-23(18-12-22(16-10-11-16)25-21-9-5-4-8-17(18)21)26-13-19(20(14-26)24(28)29)15-6-2-1-3-7-15/h1-9,12,16,19-20H,10-11,13-14H2,(H,28,29)/t19-,20-/m1/s1. The maximum atomic E-state index is 13.5. The molecule has 1 saturated heterocycles. The van der Waals surface area contributed by atoms with Crippen LogP contribution in [0.5, 0.6) is 0 Å². The lowest BCUT2D eigenvalue weighted by Gasteiger charge is -2.18. The fourth-order valence-electron chi connectivity index (χ4n) is 4.39. The molecule has 2 heterocycles. The molecule has 0 bridgehead atoms. The van der Waals surface area contributed by atoms with Crippen LogP contribution in [0.25, 0.3) is 10.9 Å². The van der Waals surface area contributed by atoms with Crippen LogP contribution < -0.4 is 0 Å². The first-order valence-electron chi connectivity index (χ1n) is 10.1. The molecule has 2 aromatic carbocycles. The van der Waals surface area contributed by atoms with E-state index in [9.17, 15) is 14.7 Å². The Morgan fingerprint density at radius 2 is 1.69 bits per heavy atom. The molecular formula is C24H22N2O3. The molecular weight excluding hydrogens is 364 g/mol. The van der Waals surface area contributed by atoms with Crippen molar-refractivity contribution in [1.82, 2.24) is 9.88 Å². The summed E-state index contributed by atoms with van der Waals surface area (Å²) < 4.78 is 0. The van der Waals surface area contributed by atoms with E-state index in [1.807, 2.05) is 60.7 Å². The highest BCUT2D eigenvalue weighted by atomic mass is 16.4. The van der Waals surface area contributed by atoms with Gasteiger partial charge in [0.25, 0.3) is 5.91 Å². The molecule has 3 aromatic rings. The number of likely N-dealkylation sites (tertiary alicyclic amines) is 1. The van der Waals surface area contributed by atoms with Gasteiger partial charge in [-0.25, -0.2) is 0 Å². The molecule has 2 fully saturated rings. The summed E-state index contributed by atoms with van der Waals surface area (Å²) in [6, 6.07) is 19.3. The van der Waals surface area contributed by atoms with Crippen LogP contribution in [0.15, 0.2) is 60.7 Å². The van der Waals surface area contributed by atoms with Gasteiger partial charge in [-0.15, -0.1) is 0 Å². The summed E-state index contributed by atoms with van der Waals surface area (Å²) in [6.07, 6.45) is 2.22. The molecule has 1 aliphatic carbocycles. The van der Waals surface area contributed by atoms with Gasteiger partial charge >= 0.3 is 5.97 Å². The predicted molar refractivity (Wildman–Crippen MR) is 110 cm³/mol. The molecule has 2 atom stereocenters. The van der Waals surface area contributed by atoms with Crippen molar-refractivity contribution in [3.63, 3.8) is 0 Å². The molecule has 5 rings (SSSR count). The van der Waals surface area contributed by atoms with Crippen molar-refractivity contribution in [2.75, 3.05) is 13.1 Å². The van der Waals surface area contributed by atoms with E-state index in [0.717, 1.165) is 35.0 Å². The molecule has 1 N–H and O–H groups in total. The highest BCUT2D eigenvalue weighted by Crippen LogP contribution is 2.41. The predicted octanol–water partition coefficient (Wildman–Crippen LogP) is 4.05. The average Bonchev–Trinajstić information content (AvgIpc) is 3.50. The monoisotopic (exact) mass is 386 g/mol. The fourth-order valence-corrected chi connectivity index (χ4v) is 4.39. The third kappa shape index (κ3) is 3.27. The molecule has 146 valence electrons.